The van der Waals surface area contributed by atoms with Crippen LogP contribution in [0.5, 0.6) is 0 Å². The van der Waals surface area contributed by atoms with E-state index >= 15 is 0 Å². The minimum absolute atomic E-state index is 0.219. The summed E-state index contributed by atoms with van der Waals surface area (Å²) in [6.45, 7) is 7.08. The van der Waals surface area contributed by atoms with Crippen LogP contribution in [0, 0.1) is 13.8 Å². The summed E-state index contributed by atoms with van der Waals surface area (Å²) in [6, 6.07) is 8.60. The highest BCUT2D eigenvalue weighted by molar-refractivity contribution is 6.31. The highest BCUT2D eigenvalue weighted by atomic mass is 35.5. The fraction of sp³-hybridized carbons (Fsp3) is 0.438. The Morgan fingerprint density at radius 3 is 2.65 bits per heavy atom. The van der Waals surface area contributed by atoms with Gasteiger partial charge in [-0.2, -0.15) is 5.10 Å². The van der Waals surface area contributed by atoms with E-state index in [0.29, 0.717) is 0 Å². The summed E-state index contributed by atoms with van der Waals surface area (Å²) in [6.07, 6.45) is 0.862. The zero-order valence-electron chi connectivity index (χ0n) is 12.6. The molecule has 0 saturated carbocycles. The van der Waals surface area contributed by atoms with Crippen LogP contribution in [0.4, 0.5) is 0 Å². The SMILES string of the molecule is CCn1nc(C)cc1C(Cc1ccc(C)cc1Cl)NC. The molecule has 108 valence electrons. The van der Waals surface area contributed by atoms with Crippen molar-refractivity contribution in [3.05, 3.63) is 51.8 Å². The van der Waals surface area contributed by atoms with Gasteiger partial charge in [-0.15, -0.1) is 0 Å². The van der Waals surface area contributed by atoms with Crippen LogP contribution >= 0.6 is 11.6 Å². The number of aromatic nitrogens is 2. The van der Waals surface area contributed by atoms with Crippen LogP contribution in [-0.4, -0.2) is 16.8 Å². The Balaban J connectivity index is 2.28. The molecule has 0 aliphatic heterocycles. The smallest absolute Gasteiger partial charge is 0.0597 e. The fourth-order valence-electron chi connectivity index (χ4n) is 2.49. The van der Waals surface area contributed by atoms with Crippen LogP contribution in [0.1, 0.15) is 35.5 Å². The summed E-state index contributed by atoms with van der Waals surface area (Å²) in [4.78, 5) is 0. The molecule has 1 heterocycles. The molecule has 0 amide bonds. The van der Waals surface area contributed by atoms with Gasteiger partial charge in [0, 0.05) is 11.6 Å². The number of hydrogen-bond acceptors (Lipinski definition) is 2. The molecule has 1 N–H and O–H groups in total. The standard InChI is InChI=1S/C16H22ClN3/c1-5-20-16(9-12(3)19-20)15(18-4)10-13-7-6-11(2)8-14(13)17/h6-9,15,18H,5,10H2,1-4H3. The summed E-state index contributed by atoms with van der Waals surface area (Å²) in [5.74, 6) is 0. The number of nitrogens with zero attached hydrogens (tertiary/aromatic N) is 2. The Hall–Kier alpha value is -1.32. The molecule has 0 bridgehead atoms. The first-order valence-electron chi connectivity index (χ1n) is 7.01. The zero-order chi connectivity index (χ0) is 14.7. The van der Waals surface area contributed by atoms with Crippen molar-refractivity contribution in [2.45, 2.75) is 39.8 Å². The predicted molar refractivity (Wildman–Crippen MR) is 84.3 cm³/mol. The minimum Gasteiger partial charge on any atom is -0.311 e. The molecule has 20 heavy (non-hydrogen) atoms. The van der Waals surface area contributed by atoms with E-state index in [4.69, 9.17) is 11.6 Å². The molecule has 0 spiro atoms. The number of likely N-dealkylation sites (N-methyl/N-ethyl adjacent to an activating group) is 1. The largest absolute Gasteiger partial charge is 0.311 e. The van der Waals surface area contributed by atoms with Gasteiger partial charge in [0.2, 0.25) is 0 Å². The van der Waals surface area contributed by atoms with Crippen molar-refractivity contribution < 1.29 is 0 Å². The first-order valence-corrected chi connectivity index (χ1v) is 7.39. The van der Waals surface area contributed by atoms with Gasteiger partial charge in [-0.05, 0) is 57.5 Å². The van der Waals surface area contributed by atoms with Gasteiger partial charge < -0.3 is 5.32 Å². The van der Waals surface area contributed by atoms with E-state index in [2.05, 4.69) is 47.1 Å². The maximum Gasteiger partial charge on any atom is 0.0597 e. The second-order valence-electron chi connectivity index (χ2n) is 5.17. The van der Waals surface area contributed by atoms with Crippen LogP contribution in [0.3, 0.4) is 0 Å². The molecule has 0 radical (unpaired) electrons. The van der Waals surface area contributed by atoms with Crippen molar-refractivity contribution in [1.29, 1.82) is 0 Å². The van der Waals surface area contributed by atoms with E-state index in [0.717, 1.165) is 29.2 Å². The van der Waals surface area contributed by atoms with Gasteiger partial charge in [-0.3, -0.25) is 4.68 Å². The van der Waals surface area contributed by atoms with Crippen LogP contribution in [0.15, 0.2) is 24.3 Å². The zero-order valence-corrected chi connectivity index (χ0v) is 13.3. The maximum atomic E-state index is 6.35. The Labute approximate surface area is 126 Å². The molecule has 4 heteroatoms. The van der Waals surface area contributed by atoms with E-state index in [9.17, 15) is 0 Å². The van der Waals surface area contributed by atoms with Gasteiger partial charge in [0.05, 0.1) is 17.4 Å². The highest BCUT2D eigenvalue weighted by Gasteiger charge is 2.17. The van der Waals surface area contributed by atoms with Gasteiger partial charge >= 0.3 is 0 Å². The first-order chi connectivity index (χ1) is 9.55. The molecular weight excluding hydrogens is 270 g/mol. The Morgan fingerprint density at radius 1 is 1.30 bits per heavy atom. The summed E-state index contributed by atoms with van der Waals surface area (Å²) in [5.41, 5.74) is 4.62. The van der Waals surface area contributed by atoms with Crippen molar-refractivity contribution in [3.63, 3.8) is 0 Å². The lowest BCUT2D eigenvalue weighted by atomic mass is 10.0. The number of nitrogens with one attached hydrogen (secondary N) is 1. The minimum atomic E-state index is 0.219. The van der Waals surface area contributed by atoms with Gasteiger partial charge in [-0.25, -0.2) is 0 Å². The van der Waals surface area contributed by atoms with Crippen LogP contribution < -0.4 is 5.32 Å². The van der Waals surface area contributed by atoms with Gasteiger partial charge in [0.1, 0.15) is 0 Å². The van der Waals surface area contributed by atoms with Crippen molar-refractivity contribution in [2.75, 3.05) is 7.05 Å². The van der Waals surface area contributed by atoms with Crippen molar-refractivity contribution in [2.24, 2.45) is 0 Å². The average molecular weight is 292 g/mol. The van der Waals surface area contributed by atoms with Crippen molar-refractivity contribution in [1.82, 2.24) is 15.1 Å². The summed E-state index contributed by atoms with van der Waals surface area (Å²) in [7, 11) is 1.98. The summed E-state index contributed by atoms with van der Waals surface area (Å²) in [5, 5.41) is 8.73. The molecular formula is C16H22ClN3. The number of benzene rings is 1. The second-order valence-corrected chi connectivity index (χ2v) is 5.57. The lowest BCUT2D eigenvalue weighted by molar-refractivity contribution is 0.512. The third-order valence-corrected chi connectivity index (χ3v) is 3.92. The maximum absolute atomic E-state index is 6.35. The average Bonchev–Trinajstić information content (AvgIpc) is 2.79. The van der Waals surface area contributed by atoms with Crippen LogP contribution in [0.2, 0.25) is 5.02 Å². The van der Waals surface area contributed by atoms with Gasteiger partial charge in [0.25, 0.3) is 0 Å². The molecule has 2 aromatic rings. The summed E-state index contributed by atoms with van der Waals surface area (Å²) < 4.78 is 2.05. The topological polar surface area (TPSA) is 29.9 Å². The predicted octanol–water partition coefficient (Wildman–Crippen LogP) is 3.68. The van der Waals surface area contributed by atoms with Gasteiger partial charge in [-0.1, -0.05) is 23.7 Å². The number of hydrogen-bond donors (Lipinski definition) is 1. The van der Waals surface area contributed by atoms with Crippen molar-refractivity contribution in [3.8, 4) is 0 Å². The van der Waals surface area contributed by atoms with Crippen LogP contribution in [-0.2, 0) is 13.0 Å². The number of aryl methyl sites for hydroxylation is 3. The lowest BCUT2D eigenvalue weighted by Crippen LogP contribution is -2.22. The van der Waals surface area contributed by atoms with E-state index in [1.807, 2.05) is 20.0 Å². The summed E-state index contributed by atoms with van der Waals surface area (Å²) >= 11 is 6.35. The van der Waals surface area contributed by atoms with E-state index < -0.39 is 0 Å². The highest BCUT2D eigenvalue weighted by Crippen LogP contribution is 2.25. The fourth-order valence-corrected chi connectivity index (χ4v) is 2.80. The third-order valence-electron chi connectivity index (χ3n) is 3.57. The van der Waals surface area contributed by atoms with E-state index in [-0.39, 0.29) is 6.04 Å². The lowest BCUT2D eigenvalue weighted by Gasteiger charge is -2.18. The Kier molecular flexibility index (Phi) is 4.84. The second kappa shape index (κ2) is 6.42. The molecule has 2 rings (SSSR count). The quantitative estimate of drug-likeness (QED) is 0.911. The molecule has 1 aromatic carbocycles. The molecule has 0 fully saturated rings. The molecule has 1 aromatic heterocycles. The number of rotatable bonds is 5. The molecule has 0 saturated heterocycles. The normalized spacial score (nSPS) is 12.7. The monoisotopic (exact) mass is 291 g/mol. The van der Waals surface area contributed by atoms with Gasteiger partial charge in [0.15, 0.2) is 0 Å². The molecule has 3 nitrogen and oxygen atoms in total. The van der Waals surface area contributed by atoms with Crippen molar-refractivity contribution >= 4 is 11.6 Å². The Morgan fingerprint density at radius 2 is 2.05 bits per heavy atom. The Bertz CT molecular complexity index is 589. The molecule has 1 unspecified atom stereocenters. The number of halogens is 1. The van der Waals surface area contributed by atoms with E-state index in [1.54, 1.807) is 0 Å². The van der Waals surface area contributed by atoms with E-state index in [1.165, 1.54) is 11.3 Å². The first kappa shape index (κ1) is 15.1. The third kappa shape index (κ3) is 3.22. The molecule has 0 aliphatic carbocycles. The van der Waals surface area contributed by atoms with Crippen LogP contribution in [0.25, 0.3) is 0 Å². The molecule has 0 aliphatic rings. The molecule has 1 atom stereocenters.